The molecule has 122 valence electrons. The van der Waals surface area contributed by atoms with Crippen molar-refractivity contribution in [3.05, 3.63) is 70.3 Å². The lowest BCUT2D eigenvalue weighted by molar-refractivity contribution is 0.102. The van der Waals surface area contributed by atoms with Crippen molar-refractivity contribution in [2.45, 2.75) is 6.92 Å². The van der Waals surface area contributed by atoms with E-state index in [1.807, 2.05) is 0 Å². The molecule has 0 saturated carbocycles. The van der Waals surface area contributed by atoms with Gasteiger partial charge in [-0.05, 0) is 19.1 Å². The molecule has 3 aromatic rings. The summed E-state index contributed by atoms with van der Waals surface area (Å²) in [5.41, 5.74) is 0.490. The van der Waals surface area contributed by atoms with Gasteiger partial charge in [-0.3, -0.25) is 9.59 Å². The number of benzene rings is 1. The summed E-state index contributed by atoms with van der Waals surface area (Å²) in [5, 5.41) is 6.52. The molecule has 1 aromatic carbocycles. The van der Waals surface area contributed by atoms with E-state index in [2.05, 4.69) is 15.4 Å². The number of nitrogens with one attached hydrogen (secondary N) is 1. The molecule has 3 rings (SSSR count). The second kappa shape index (κ2) is 6.07. The average Bonchev–Trinajstić information content (AvgIpc) is 2.94. The van der Waals surface area contributed by atoms with Crippen LogP contribution in [0.15, 0.2) is 47.7 Å². The minimum absolute atomic E-state index is 0.0805. The molecule has 8 heteroatoms. The zero-order chi connectivity index (χ0) is 17.3. The molecule has 0 atom stereocenters. The highest BCUT2D eigenvalue weighted by Gasteiger charge is 2.18. The molecule has 0 aliphatic rings. The van der Waals surface area contributed by atoms with Gasteiger partial charge in [-0.2, -0.15) is 5.10 Å². The van der Waals surface area contributed by atoms with Crippen LogP contribution in [0.1, 0.15) is 16.1 Å². The van der Waals surface area contributed by atoms with Gasteiger partial charge in [0.05, 0.1) is 17.5 Å². The van der Waals surface area contributed by atoms with Crippen LogP contribution in [-0.2, 0) is 7.05 Å². The van der Waals surface area contributed by atoms with Crippen LogP contribution in [0.3, 0.4) is 0 Å². The zero-order valence-corrected chi connectivity index (χ0v) is 13.0. The van der Waals surface area contributed by atoms with E-state index in [9.17, 15) is 14.0 Å². The Morgan fingerprint density at radius 2 is 2.04 bits per heavy atom. The second-order valence-corrected chi connectivity index (χ2v) is 5.15. The van der Waals surface area contributed by atoms with Gasteiger partial charge in [-0.1, -0.05) is 12.1 Å². The normalized spacial score (nSPS) is 10.6. The van der Waals surface area contributed by atoms with E-state index in [0.717, 1.165) is 0 Å². The van der Waals surface area contributed by atoms with Crippen molar-refractivity contribution in [2.24, 2.45) is 7.05 Å². The summed E-state index contributed by atoms with van der Waals surface area (Å²) in [5.74, 6) is -1.07. The molecule has 0 bridgehead atoms. The largest absolute Gasteiger partial charge is 0.314 e. The Hall–Kier alpha value is -3.29. The molecule has 24 heavy (non-hydrogen) atoms. The van der Waals surface area contributed by atoms with E-state index in [1.54, 1.807) is 32.2 Å². The fourth-order valence-corrected chi connectivity index (χ4v) is 2.26. The smallest absolute Gasteiger partial charge is 0.293 e. The topological polar surface area (TPSA) is 81.8 Å². The number of halogens is 1. The van der Waals surface area contributed by atoms with Gasteiger partial charge in [0.2, 0.25) is 0 Å². The molecule has 0 saturated heterocycles. The summed E-state index contributed by atoms with van der Waals surface area (Å²) >= 11 is 0. The third kappa shape index (κ3) is 2.69. The number of carbonyl (C=O) groups is 1. The standard InChI is InChI=1S/C16H14FN5O2/c1-10-11(9-19-22(10)13-6-4-3-5-12(13)17)15(23)20-14-16(24)21(2)8-7-18-14/h3-9H,1-2H3,(H,18,20,23). The maximum atomic E-state index is 13.9. The predicted octanol–water partition coefficient (Wildman–Crippen LogP) is 1.67. The molecule has 0 radical (unpaired) electrons. The van der Waals surface area contributed by atoms with Crippen LogP contribution in [0.5, 0.6) is 0 Å². The van der Waals surface area contributed by atoms with E-state index in [4.69, 9.17) is 0 Å². The summed E-state index contributed by atoms with van der Waals surface area (Å²) in [7, 11) is 1.56. The van der Waals surface area contributed by atoms with Gasteiger partial charge in [0.15, 0.2) is 5.82 Å². The van der Waals surface area contributed by atoms with Crippen LogP contribution in [0.2, 0.25) is 0 Å². The van der Waals surface area contributed by atoms with Gasteiger partial charge in [0, 0.05) is 19.4 Å². The Balaban J connectivity index is 1.94. The maximum absolute atomic E-state index is 13.9. The minimum Gasteiger partial charge on any atom is -0.314 e. The van der Waals surface area contributed by atoms with Crippen molar-refractivity contribution in [1.82, 2.24) is 19.3 Å². The van der Waals surface area contributed by atoms with Crippen LogP contribution in [0.25, 0.3) is 5.69 Å². The molecule has 1 amide bonds. The number of aromatic nitrogens is 4. The molecule has 0 aliphatic carbocycles. The lowest BCUT2D eigenvalue weighted by Crippen LogP contribution is -2.25. The quantitative estimate of drug-likeness (QED) is 0.793. The van der Waals surface area contributed by atoms with Gasteiger partial charge >= 0.3 is 0 Å². The molecule has 0 spiro atoms. The van der Waals surface area contributed by atoms with Crippen LogP contribution in [0, 0.1) is 12.7 Å². The highest BCUT2D eigenvalue weighted by Crippen LogP contribution is 2.17. The fourth-order valence-electron chi connectivity index (χ4n) is 2.26. The molecular formula is C16H14FN5O2. The van der Waals surface area contributed by atoms with Gasteiger partial charge in [-0.15, -0.1) is 0 Å². The number of para-hydroxylation sites is 1. The number of amides is 1. The van der Waals surface area contributed by atoms with Crippen molar-refractivity contribution in [2.75, 3.05) is 5.32 Å². The van der Waals surface area contributed by atoms with Gasteiger partial charge < -0.3 is 9.88 Å². The first-order chi connectivity index (χ1) is 11.5. The average molecular weight is 327 g/mol. The summed E-state index contributed by atoms with van der Waals surface area (Å²) in [6.07, 6.45) is 4.22. The monoisotopic (exact) mass is 327 g/mol. The van der Waals surface area contributed by atoms with E-state index in [0.29, 0.717) is 5.69 Å². The highest BCUT2D eigenvalue weighted by molar-refractivity contribution is 6.04. The number of hydrogen-bond donors (Lipinski definition) is 1. The molecule has 2 heterocycles. The first-order valence-electron chi connectivity index (χ1n) is 7.11. The van der Waals surface area contributed by atoms with E-state index in [1.165, 1.54) is 33.9 Å². The van der Waals surface area contributed by atoms with Crippen LogP contribution in [0.4, 0.5) is 10.2 Å². The summed E-state index contributed by atoms with van der Waals surface area (Å²) in [4.78, 5) is 28.1. The number of hydrogen-bond acceptors (Lipinski definition) is 4. The van der Waals surface area contributed by atoms with E-state index >= 15 is 0 Å². The first kappa shape index (κ1) is 15.6. The number of nitrogens with zero attached hydrogens (tertiary/aromatic N) is 4. The molecular weight excluding hydrogens is 313 g/mol. The van der Waals surface area contributed by atoms with Crippen LogP contribution in [-0.4, -0.2) is 25.2 Å². The number of anilines is 1. The summed E-state index contributed by atoms with van der Waals surface area (Å²) in [6, 6.07) is 6.12. The third-order valence-electron chi connectivity index (χ3n) is 3.58. The predicted molar refractivity (Wildman–Crippen MR) is 85.7 cm³/mol. The lowest BCUT2D eigenvalue weighted by Gasteiger charge is -2.07. The third-order valence-corrected chi connectivity index (χ3v) is 3.58. The molecule has 1 N–H and O–H groups in total. The van der Waals surface area contributed by atoms with Gasteiger partial charge in [0.25, 0.3) is 11.5 Å². The lowest BCUT2D eigenvalue weighted by atomic mass is 10.2. The number of carbonyl (C=O) groups excluding carboxylic acids is 1. The Kier molecular flexibility index (Phi) is 3.95. The van der Waals surface area contributed by atoms with Gasteiger partial charge in [-0.25, -0.2) is 14.1 Å². The first-order valence-corrected chi connectivity index (χ1v) is 7.11. The Bertz CT molecular complexity index is 977. The van der Waals surface area contributed by atoms with Crippen molar-refractivity contribution in [3.8, 4) is 5.69 Å². The van der Waals surface area contributed by atoms with Crippen molar-refractivity contribution >= 4 is 11.7 Å². The Labute approximate surface area is 136 Å². The molecule has 0 unspecified atom stereocenters. The van der Waals surface area contributed by atoms with E-state index in [-0.39, 0.29) is 17.1 Å². The minimum atomic E-state index is -0.536. The summed E-state index contributed by atoms with van der Waals surface area (Å²) in [6.45, 7) is 1.64. The van der Waals surface area contributed by atoms with Crippen LogP contribution >= 0.6 is 0 Å². The SMILES string of the molecule is Cc1c(C(=O)Nc2nccn(C)c2=O)cnn1-c1ccccc1F. The van der Waals surface area contributed by atoms with Crippen molar-refractivity contribution in [3.63, 3.8) is 0 Å². The van der Waals surface area contributed by atoms with Crippen LogP contribution < -0.4 is 10.9 Å². The Morgan fingerprint density at radius 1 is 1.29 bits per heavy atom. The second-order valence-electron chi connectivity index (χ2n) is 5.15. The zero-order valence-electron chi connectivity index (χ0n) is 13.0. The molecule has 7 nitrogen and oxygen atoms in total. The Morgan fingerprint density at radius 3 is 2.79 bits per heavy atom. The molecule has 0 fully saturated rings. The number of rotatable bonds is 3. The summed E-state index contributed by atoms with van der Waals surface area (Å²) < 4.78 is 16.5. The van der Waals surface area contributed by atoms with Crippen molar-refractivity contribution < 1.29 is 9.18 Å². The van der Waals surface area contributed by atoms with Gasteiger partial charge in [0.1, 0.15) is 11.5 Å². The number of aryl methyl sites for hydroxylation is 1. The molecule has 0 aliphatic heterocycles. The molecule has 2 aromatic heterocycles. The van der Waals surface area contributed by atoms with Crippen molar-refractivity contribution in [1.29, 1.82) is 0 Å². The maximum Gasteiger partial charge on any atom is 0.293 e. The fraction of sp³-hybridized carbons (Fsp3) is 0.125. The highest BCUT2D eigenvalue weighted by atomic mass is 19.1. The van der Waals surface area contributed by atoms with E-state index < -0.39 is 17.3 Å².